The SMILES string of the molecule is CCCc1cc(=O)[nH]c(Sc2ccc(Cl)cc2C#N)n1. The van der Waals surface area contributed by atoms with E-state index in [-0.39, 0.29) is 5.56 Å². The smallest absolute Gasteiger partial charge is 0.251 e. The van der Waals surface area contributed by atoms with Crippen molar-refractivity contribution in [3.05, 3.63) is 50.9 Å². The van der Waals surface area contributed by atoms with E-state index in [0.29, 0.717) is 20.6 Å². The molecule has 102 valence electrons. The van der Waals surface area contributed by atoms with Crippen LogP contribution in [0.2, 0.25) is 5.02 Å². The van der Waals surface area contributed by atoms with Crippen molar-refractivity contribution in [3.8, 4) is 6.07 Å². The maximum atomic E-state index is 11.6. The van der Waals surface area contributed by atoms with E-state index in [4.69, 9.17) is 16.9 Å². The lowest BCUT2D eigenvalue weighted by atomic mass is 10.2. The number of nitrogens with zero attached hydrogens (tertiary/aromatic N) is 2. The van der Waals surface area contributed by atoms with Gasteiger partial charge in [0, 0.05) is 21.7 Å². The number of rotatable bonds is 4. The van der Waals surface area contributed by atoms with Crippen molar-refractivity contribution < 1.29 is 0 Å². The van der Waals surface area contributed by atoms with Gasteiger partial charge < -0.3 is 4.98 Å². The maximum absolute atomic E-state index is 11.6. The van der Waals surface area contributed by atoms with Gasteiger partial charge in [-0.05, 0) is 24.6 Å². The zero-order valence-corrected chi connectivity index (χ0v) is 12.4. The normalized spacial score (nSPS) is 10.2. The summed E-state index contributed by atoms with van der Waals surface area (Å²) in [6.07, 6.45) is 1.67. The number of hydrogen-bond donors (Lipinski definition) is 1. The molecule has 0 aliphatic carbocycles. The first-order valence-electron chi connectivity index (χ1n) is 6.10. The highest BCUT2D eigenvalue weighted by molar-refractivity contribution is 7.99. The van der Waals surface area contributed by atoms with Crippen LogP contribution in [0.4, 0.5) is 0 Å². The summed E-state index contributed by atoms with van der Waals surface area (Å²) in [6, 6.07) is 8.64. The van der Waals surface area contributed by atoms with Crippen LogP contribution in [0.3, 0.4) is 0 Å². The third-order valence-corrected chi connectivity index (χ3v) is 3.75. The molecule has 0 fully saturated rings. The average molecular weight is 306 g/mol. The molecule has 0 bridgehead atoms. The van der Waals surface area contributed by atoms with Crippen molar-refractivity contribution in [2.75, 3.05) is 0 Å². The molecule has 0 amide bonds. The zero-order valence-electron chi connectivity index (χ0n) is 10.8. The lowest BCUT2D eigenvalue weighted by molar-refractivity contribution is 0.816. The molecule has 0 saturated carbocycles. The molecule has 1 N–H and O–H groups in total. The average Bonchev–Trinajstić information content (AvgIpc) is 2.40. The lowest BCUT2D eigenvalue weighted by Gasteiger charge is -2.05. The van der Waals surface area contributed by atoms with E-state index in [1.807, 2.05) is 6.92 Å². The minimum Gasteiger partial charge on any atom is -0.301 e. The molecular weight excluding hydrogens is 294 g/mol. The van der Waals surface area contributed by atoms with Crippen molar-refractivity contribution in [1.29, 1.82) is 5.26 Å². The van der Waals surface area contributed by atoms with E-state index in [1.54, 1.807) is 18.2 Å². The molecule has 1 heterocycles. The van der Waals surface area contributed by atoms with Crippen molar-refractivity contribution in [2.45, 2.75) is 29.8 Å². The van der Waals surface area contributed by atoms with Gasteiger partial charge >= 0.3 is 0 Å². The molecular formula is C14H12ClN3OS. The Labute approximate surface area is 125 Å². The molecule has 0 radical (unpaired) electrons. The monoisotopic (exact) mass is 305 g/mol. The fourth-order valence-corrected chi connectivity index (χ4v) is 2.74. The number of halogens is 1. The van der Waals surface area contributed by atoms with Crippen LogP contribution in [0.5, 0.6) is 0 Å². The van der Waals surface area contributed by atoms with Crippen LogP contribution in [0.25, 0.3) is 0 Å². The van der Waals surface area contributed by atoms with E-state index in [2.05, 4.69) is 16.0 Å². The number of aryl methyl sites for hydroxylation is 1. The Morgan fingerprint density at radius 1 is 1.45 bits per heavy atom. The van der Waals surface area contributed by atoms with Gasteiger partial charge in [-0.1, -0.05) is 36.7 Å². The third kappa shape index (κ3) is 3.62. The minimum atomic E-state index is -0.182. The van der Waals surface area contributed by atoms with Gasteiger partial charge in [0.15, 0.2) is 5.16 Å². The van der Waals surface area contributed by atoms with Crippen LogP contribution >= 0.6 is 23.4 Å². The number of nitrogens with one attached hydrogen (secondary N) is 1. The van der Waals surface area contributed by atoms with Crippen molar-refractivity contribution in [3.63, 3.8) is 0 Å². The number of aromatic nitrogens is 2. The first-order chi connectivity index (χ1) is 9.62. The number of nitriles is 1. The molecule has 1 aromatic carbocycles. The summed E-state index contributed by atoms with van der Waals surface area (Å²) in [5.74, 6) is 0. The first kappa shape index (κ1) is 14.6. The quantitative estimate of drug-likeness (QED) is 0.879. The largest absolute Gasteiger partial charge is 0.301 e. The van der Waals surface area contributed by atoms with Crippen LogP contribution in [0.15, 0.2) is 39.1 Å². The van der Waals surface area contributed by atoms with E-state index >= 15 is 0 Å². The van der Waals surface area contributed by atoms with E-state index in [1.165, 1.54) is 17.8 Å². The first-order valence-corrected chi connectivity index (χ1v) is 7.29. The molecule has 4 nitrogen and oxygen atoms in total. The maximum Gasteiger partial charge on any atom is 0.251 e. The Bertz CT molecular complexity index is 721. The standard InChI is InChI=1S/C14H12ClN3OS/c1-2-3-11-7-13(19)18-14(17-11)20-12-5-4-10(15)6-9(12)8-16/h4-7H,2-3H2,1H3,(H,17,18,19). The van der Waals surface area contributed by atoms with Gasteiger partial charge in [-0.25, -0.2) is 4.98 Å². The summed E-state index contributed by atoms with van der Waals surface area (Å²) in [5, 5.41) is 10.1. The molecule has 2 aromatic rings. The molecule has 0 aliphatic rings. The Morgan fingerprint density at radius 2 is 2.25 bits per heavy atom. The lowest BCUT2D eigenvalue weighted by Crippen LogP contribution is -2.09. The van der Waals surface area contributed by atoms with Crippen molar-refractivity contribution in [1.82, 2.24) is 9.97 Å². The van der Waals surface area contributed by atoms with Crippen LogP contribution in [-0.2, 0) is 6.42 Å². The summed E-state index contributed by atoms with van der Waals surface area (Å²) >= 11 is 7.11. The van der Waals surface area contributed by atoms with Crippen LogP contribution in [-0.4, -0.2) is 9.97 Å². The van der Waals surface area contributed by atoms with E-state index in [9.17, 15) is 4.79 Å². The highest BCUT2D eigenvalue weighted by atomic mass is 35.5. The molecule has 1 aromatic heterocycles. The second kappa shape index (κ2) is 6.60. The fraction of sp³-hybridized carbons (Fsp3) is 0.214. The molecule has 20 heavy (non-hydrogen) atoms. The van der Waals surface area contributed by atoms with Crippen molar-refractivity contribution >= 4 is 23.4 Å². The summed E-state index contributed by atoms with van der Waals surface area (Å²) in [5.41, 5.74) is 1.04. The number of benzene rings is 1. The molecule has 2 rings (SSSR count). The summed E-state index contributed by atoms with van der Waals surface area (Å²) in [4.78, 5) is 19.4. The Morgan fingerprint density at radius 3 is 2.95 bits per heavy atom. The van der Waals surface area contributed by atoms with Gasteiger partial charge in [0.05, 0.1) is 5.56 Å². The second-order valence-electron chi connectivity index (χ2n) is 4.15. The highest BCUT2D eigenvalue weighted by Gasteiger charge is 2.08. The molecule has 0 saturated heterocycles. The number of H-pyrrole nitrogens is 1. The Balaban J connectivity index is 2.35. The van der Waals surface area contributed by atoms with Crippen LogP contribution in [0.1, 0.15) is 24.6 Å². The summed E-state index contributed by atoms with van der Waals surface area (Å²) < 4.78 is 0. The Kier molecular flexibility index (Phi) is 4.83. The third-order valence-electron chi connectivity index (χ3n) is 2.55. The van der Waals surface area contributed by atoms with E-state index in [0.717, 1.165) is 18.5 Å². The molecule has 0 aliphatic heterocycles. The predicted molar refractivity (Wildman–Crippen MR) is 79.1 cm³/mol. The number of aromatic amines is 1. The molecule has 0 unspecified atom stereocenters. The second-order valence-corrected chi connectivity index (χ2v) is 5.61. The zero-order chi connectivity index (χ0) is 14.5. The van der Waals surface area contributed by atoms with Crippen LogP contribution < -0.4 is 5.56 Å². The van der Waals surface area contributed by atoms with Gasteiger partial charge in [0.25, 0.3) is 5.56 Å². The van der Waals surface area contributed by atoms with Crippen molar-refractivity contribution in [2.24, 2.45) is 0 Å². The highest BCUT2D eigenvalue weighted by Crippen LogP contribution is 2.29. The van der Waals surface area contributed by atoms with Gasteiger partial charge in [0.1, 0.15) is 6.07 Å². The van der Waals surface area contributed by atoms with Crippen LogP contribution in [0, 0.1) is 11.3 Å². The van der Waals surface area contributed by atoms with Gasteiger partial charge in [0.2, 0.25) is 0 Å². The molecule has 0 atom stereocenters. The summed E-state index contributed by atoms with van der Waals surface area (Å²) in [6.45, 7) is 2.03. The topological polar surface area (TPSA) is 69.5 Å². The molecule has 0 spiro atoms. The summed E-state index contributed by atoms with van der Waals surface area (Å²) in [7, 11) is 0. The van der Waals surface area contributed by atoms with E-state index < -0.39 is 0 Å². The Hall–Kier alpha value is -1.77. The van der Waals surface area contributed by atoms with Gasteiger partial charge in [-0.15, -0.1) is 0 Å². The predicted octanol–water partition coefficient (Wildman–Crippen LogP) is 3.40. The molecule has 6 heteroatoms. The fourth-order valence-electron chi connectivity index (χ4n) is 1.70. The van der Waals surface area contributed by atoms with Gasteiger partial charge in [-0.2, -0.15) is 5.26 Å². The van der Waals surface area contributed by atoms with Gasteiger partial charge in [-0.3, -0.25) is 4.79 Å². The number of hydrogen-bond acceptors (Lipinski definition) is 4. The minimum absolute atomic E-state index is 0.182.